The lowest BCUT2D eigenvalue weighted by atomic mass is 9.87. The zero-order valence-corrected chi connectivity index (χ0v) is 13.7. The molecular weight excluding hydrogens is 284 g/mol. The lowest BCUT2D eigenvalue weighted by Gasteiger charge is -2.31. The van der Waals surface area contributed by atoms with Gasteiger partial charge in [0.2, 0.25) is 0 Å². The zero-order chi connectivity index (χ0) is 14.5. The Morgan fingerprint density at radius 3 is 3.05 bits per heavy atom. The molecule has 0 bridgehead atoms. The molecule has 118 valence electrons. The van der Waals surface area contributed by atoms with Crippen molar-refractivity contribution in [1.82, 2.24) is 9.80 Å². The molecule has 1 aromatic rings. The summed E-state index contributed by atoms with van der Waals surface area (Å²) in [5, 5.41) is 2.17. The summed E-state index contributed by atoms with van der Waals surface area (Å²) < 4.78 is 11.2. The van der Waals surface area contributed by atoms with Gasteiger partial charge in [0.05, 0.1) is 19.8 Å². The molecule has 2 aliphatic heterocycles. The Morgan fingerprint density at radius 2 is 2.24 bits per heavy atom. The van der Waals surface area contributed by atoms with E-state index in [-0.39, 0.29) is 0 Å². The van der Waals surface area contributed by atoms with Crippen LogP contribution in [-0.2, 0) is 16.0 Å². The van der Waals surface area contributed by atoms with Crippen LogP contribution in [0.2, 0.25) is 0 Å². The highest BCUT2D eigenvalue weighted by Gasteiger charge is 2.40. The summed E-state index contributed by atoms with van der Waals surface area (Å²) in [7, 11) is 1.78. The van der Waals surface area contributed by atoms with Gasteiger partial charge in [0.15, 0.2) is 0 Å². The molecule has 3 heterocycles. The Kier molecular flexibility index (Phi) is 5.29. The second-order valence-electron chi connectivity index (χ2n) is 6.36. The summed E-state index contributed by atoms with van der Waals surface area (Å²) in [4.78, 5) is 6.57. The first-order valence-electron chi connectivity index (χ1n) is 7.83. The van der Waals surface area contributed by atoms with E-state index in [1.165, 1.54) is 17.8 Å². The van der Waals surface area contributed by atoms with Crippen LogP contribution in [0.4, 0.5) is 0 Å². The minimum Gasteiger partial charge on any atom is -0.383 e. The number of hydrogen-bond acceptors (Lipinski definition) is 5. The van der Waals surface area contributed by atoms with Crippen molar-refractivity contribution < 1.29 is 9.47 Å². The first-order valence-corrected chi connectivity index (χ1v) is 8.71. The molecule has 3 rings (SSSR count). The van der Waals surface area contributed by atoms with Crippen molar-refractivity contribution in [3.05, 3.63) is 22.4 Å². The summed E-state index contributed by atoms with van der Waals surface area (Å²) in [5.74, 6) is 0. The summed E-state index contributed by atoms with van der Waals surface area (Å²) >= 11 is 1.86. The molecule has 2 fully saturated rings. The van der Waals surface area contributed by atoms with Crippen molar-refractivity contribution in [1.29, 1.82) is 0 Å². The SMILES string of the molecule is COCCN1CCC2(COCCN(Cc3cccs3)C2)C1. The molecule has 1 unspecified atom stereocenters. The third-order valence-electron chi connectivity index (χ3n) is 4.61. The van der Waals surface area contributed by atoms with Crippen LogP contribution in [0.1, 0.15) is 11.3 Å². The summed E-state index contributed by atoms with van der Waals surface area (Å²) in [6.07, 6.45) is 1.25. The van der Waals surface area contributed by atoms with Crippen LogP contribution in [0, 0.1) is 5.41 Å². The maximum Gasteiger partial charge on any atom is 0.0593 e. The van der Waals surface area contributed by atoms with Gasteiger partial charge >= 0.3 is 0 Å². The molecular formula is C16H26N2O2S. The standard InChI is InChI=1S/C16H26N2O2S/c1-19-8-6-17-5-4-16(12-17)13-18(7-9-20-14-16)11-15-3-2-10-21-15/h2-3,10H,4-9,11-14H2,1H3. The highest BCUT2D eigenvalue weighted by molar-refractivity contribution is 7.09. The second kappa shape index (κ2) is 7.20. The molecule has 4 nitrogen and oxygen atoms in total. The van der Waals surface area contributed by atoms with Gasteiger partial charge in [-0.15, -0.1) is 11.3 Å². The Hall–Kier alpha value is -0.460. The number of methoxy groups -OCH3 is 1. The van der Waals surface area contributed by atoms with E-state index in [9.17, 15) is 0 Å². The van der Waals surface area contributed by atoms with Crippen molar-refractivity contribution in [2.24, 2.45) is 5.41 Å². The van der Waals surface area contributed by atoms with Crippen molar-refractivity contribution in [2.45, 2.75) is 13.0 Å². The van der Waals surface area contributed by atoms with Gasteiger partial charge < -0.3 is 14.4 Å². The summed E-state index contributed by atoms with van der Waals surface area (Å²) in [6, 6.07) is 4.38. The molecule has 0 amide bonds. The molecule has 1 atom stereocenters. The first kappa shape index (κ1) is 15.4. The number of likely N-dealkylation sites (tertiary alicyclic amines) is 1. The molecule has 0 aromatic carbocycles. The van der Waals surface area contributed by atoms with Gasteiger partial charge in [0, 0.05) is 50.1 Å². The number of ether oxygens (including phenoxy) is 2. The Morgan fingerprint density at radius 1 is 1.33 bits per heavy atom. The normalized spacial score (nSPS) is 28.2. The molecule has 2 saturated heterocycles. The van der Waals surface area contributed by atoms with E-state index in [1.54, 1.807) is 7.11 Å². The van der Waals surface area contributed by atoms with E-state index in [1.807, 2.05) is 11.3 Å². The lowest BCUT2D eigenvalue weighted by Crippen LogP contribution is -2.40. The van der Waals surface area contributed by atoms with Crippen LogP contribution in [0.5, 0.6) is 0 Å². The molecule has 0 radical (unpaired) electrons. The number of hydrogen-bond donors (Lipinski definition) is 0. The third kappa shape index (κ3) is 4.05. The van der Waals surface area contributed by atoms with Crippen LogP contribution < -0.4 is 0 Å². The first-order chi connectivity index (χ1) is 10.3. The fraction of sp³-hybridized carbons (Fsp3) is 0.750. The van der Waals surface area contributed by atoms with Gasteiger partial charge in [-0.05, 0) is 24.4 Å². The quantitative estimate of drug-likeness (QED) is 0.829. The Bertz CT molecular complexity index is 426. The molecule has 21 heavy (non-hydrogen) atoms. The highest BCUT2D eigenvalue weighted by atomic mass is 32.1. The number of rotatable bonds is 5. The summed E-state index contributed by atoms with van der Waals surface area (Å²) in [6.45, 7) is 9.27. The minimum atomic E-state index is 0.321. The fourth-order valence-corrected chi connectivity index (χ4v) is 4.27. The molecule has 2 aliphatic rings. The highest BCUT2D eigenvalue weighted by Crippen LogP contribution is 2.33. The van der Waals surface area contributed by atoms with Crippen molar-refractivity contribution in [3.63, 3.8) is 0 Å². The molecule has 1 aromatic heterocycles. The van der Waals surface area contributed by atoms with Crippen molar-refractivity contribution >= 4 is 11.3 Å². The molecule has 1 spiro atoms. The molecule has 0 N–H and O–H groups in total. The van der Waals surface area contributed by atoms with Crippen molar-refractivity contribution in [3.8, 4) is 0 Å². The van der Waals surface area contributed by atoms with Crippen LogP contribution in [0.15, 0.2) is 17.5 Å². The largest absolute Gasteiger partial charge is 0.383 e. The maximum atomic E-state index is 5.94. The van der Waals surface area contributed by atoms with Gasteiger partial charge in [-0.2, -0.15) is 0 Å². The average Bonchev–Trinajstić information content (AvgIpc) is 3.07. The molecule has 0 aliphatic carbocycles. The van der Waals surface area contributed by atoms with Gasteiger partial charge in [0.1, 0.15) is 0 Å². The van der Waals surface area contributed by atoms with Gasteiger partial charge in [0.25, 0.3) is 0 Å². The topological polar surface area (TPSA) is 24.9 Å². The smallest absolute Gasteiger partial charge is 0.0593 e. The third-order valence-corrected chi connectivity index (χ3v) is 5.47. The van der Waals surface area contributed by atoms with Crippen LogP contribution in [0.25, 0.3) is 0 Å². The lowest BCUT2D eigenvalue weighted by molar-refractivity contribution is 0.0682. The minimum absolute atomic E-state index is 0.321. The van der Waals surface area contributed by atoms with Crippen LogP contribution in [0.3, 0.4) is 0 Å². The molecule has 5 heteroatoms. The van der Waals surface area contributed by atoms with Crippen LogP contribution in [-0.4, -0.2) is 69.5 Å². The van der Waals surface area contributed by atoms with E-state index < -0.39 is 0 Å². The van der Waals surface area contributed by atoms with E-state index in [0.717, 1.165) is 52.5 Å². The monoisotopic (exact) mass is 310 g/mol. The predicted octanol–water partition coefficient (Wildman–Crippen LogP) is 1.92. The number of nitrogens with zero attached hydrogens (tertiary/aromatic N) is 2. The van der Waals surface area contributed by atoms with Crippen molar-refractivity contribution in [2.75, 3.05) is 59.7 Å². The van der Waals surface area contributed by atoms with Gasteiger partial charge in [-0.25, -0.2) is 0 Å². The van der Waals surface area contributed by atoms with E-state index in [4.69, 9.17) is 9.47 Å². The average molecular weight is 310 g/mol. The van der Waals surface area contributed by atoms with E-state index >= 15 is 0 Å². The van der Waals surface area contributed by atoms with Gasteiger partial charge in [-0.1, -0.05) is 6.07 Å². The van der Waals surface area contributed by atoms with E-state index in [2.05, 4.69) is 27.3 Å². The summed E-state index contributed by atoms with van der Waals surface area (Å²) in [5.41, 5.74) is 0.321. The Balaban J connectivity index is 1.59. The molecule has 0 saturated carbocycles. The number of thiophene rings is 1. The van der Waals surface area contributed by atoms with Gasteiger partial charge in [-0.3, -0.25) is 4.90 Å². The maximum absolute atomic E-state index is 5.94. The Labute approximate surface area is 131 Å². The second-order valence-corrected chi connectivity index (χ2v) is 7.39. The fourth-order valence-electron chi connectivity index (χ4n) is 3.53. The van der Waals surface area contributed by atoms with Crippen LogP contribution >= 0.6 is 11.3 Å². The van der Waals surface area contributed by atoms with E-state index in [0.29, 0.717) is 5.41 Å². The zero-order valence-electron chi connectivity index (χ0n) is 12.9. The predicted molar refractivity (Wildman–Crippen MR) is 85.8 cm³/mol.